The van der Waals surface area contributed by atoms with E-state index in [0.29, 0.717) is 41.5 Å². The molecular formula is C64H70N14O9. The molecule has 8 aromatic rings. The number of carbonyl (C=O) groups is 6. The standard InChI is InChI=1S/C22H23N5O3.C21H23N5O3.C21H24N4O3/c28-20(18-6-5-16-3-1-2-4-17(16)11-18)23-12-15-7-9-27(10-8-15)22-24-13-19(14-25-22)21(29)26-30;27-20(11-15-13-22-18-4-2-1-3-17(15)18)24-16-7-9-26(10-8-16)19-6-5-14(12-23-19)21(28)25-29;26-20(24-28)15-6-8-19(22-13-15)25-11-9-16(10-12-25)23-21(27)18-7-5-14-3-1-2-4-17(14)18/h1-6,11,13-15,30H,7-10,12H2,(H,23,28)(H,26,29);1-6,12-13,16,22,29H,7-11H2,(H,24,27)(H,25,28);1-4,6,8,13,16,18,28H,5,7,9-12H2,(H,23,27)(H,24,26). The van der Waals surface area contributed by atoms with Crippen LogP contribution in [0.4, 0.5) is 17.6 Å². The molecule has 12 rings (SSSR count). The molecule has 23 nitrogen and oxygen atoms in total. The third kappa shape index (κ3) is 15.4. The number of hydrogen-bond donors (Lipinski definition) is 10. The minimum atomic E-state index is -0.637. The van der Waals surface area contributed by atoms with E-state index in [9.17, 15) is 28.8 Å². The third-order valence-electron chi connectivity index (χ3n) is 16.5. The first-order chi connectivity index (χ1) is 42.4. The van der Waals surface area contributed by atoms with Crippen LogP contribution < -0.4 is 47.1 Å². The van der Waals surface area contributed by atoms with Crippen molar-refractivity contribution < 1.29 is 44.4 Å². The van der Waals surface area contributed by atoms with Gasteiger partial charge in [-0.05, 0) is 127 Å². The molecule has 6 amide bonds. The zero-order chi connectivity index (χ0) is 60.7. The van der Waals surface area contributed by atoms with Crippen molar-refractivity contribution in [3.63, 3.8) is 0 Å². The topological polar surface area (TPSA) is 312 Å². The Hall–Kier alpha value is -9.84. The number of hydrogen-bond acceptors (Lipinski definition) is 16. The number of nitrogens with zero attached hydrogens (tertiary/aromatic N) is 7. The Morgan fingerprint density at radius 2 is 1.06 bits per heavy atom. The van der Waals surface area contributed by atoms with Crippen LogP contribution in [0, 0.1) is 5.92 Å². The largest absolute Gasteiger partial charge is 0.361 e. The Labute approximate surface area is 501 Å². The van der Waals surface area contributed by atoms with Crippen LogP contribution in [0.15, 0.2) is 146 Å². The number of aromatic nitrogens is 5. The molecule has 4 aliphatic rings. The number of rotatable bonds is 14. The second kappa shape index (κ2) is 28.8. The first-order valence-electron chi connectivity index (χ1n) is 29.2. The molecule has 3 aliphatic heterocycles. The van der Waals surface area contributed by atoms with Gasteiger partial charge in [0.1, 0.15) is 11.6 Å². The fraction of sp³-hybridized carbons (Fsp3) is 0.312. The molecule has 1 unspecified atom stereocenters. The lowest BCUT2D eigenvalue weighted by atomic mass is 9.97. The minimum Gasteiger partial charge on any atom is -0.361 e. The Morgan fingerprint density at radius 1 is 0.517 bits per heavy atom. The fourth-order valence-electron chi connectivity index (χ4n) is 11.6. The lowest BCUT2D eigenvalue weighted by Crippen LogP contribution is -2.46. The van der Waals surface area contributed by atoms with Gasteiger partial charge in [0.2, 0.25) is 17.8 Å². The number of fused-ring (bicyclic) bond motifs is 3. The van der Waals surface area contributed by atoms with E-state index in [1.165, 1.54) is 35.9 Å². The number of carbonyl (C=O) groups excluding carboxylic acids is 6. The van der Waals surface area contributed by atoms with Gasteiger partial charge >= 0.3 is 0 Å². The van der Waals surface area contributed by atoms with Crippen molar-refractivity contribution in [2.45, 2.75) is 75.8 Å². The highest BCUT2D eigenvalue weighted by Gasteiger charge is 2.31. The van der Waals surface area contributed by atoms with Gasteiger partial charge in [-0.3, -0.25) is 44.4 Å². The van der Waals surface area contributed by atoms with E-state index in [4.69, 9.17) is 15.6 Å². The molecule has 0 radical (unpaired) electrons. The Morgan fingerprint density at radius 3 is 1.68 bits per heavy atom. The number of amides is 6. The molecule has 3 fully saturated rings. The molecule has 10 N–H and O–H groups in total. The number of nitrogens with one attached hydrogen (secondary N) is 7. The summed E-state index contributed by atoms with van der Waals surface area (Å²) in [6.07, 6.45) is 15.0. The van der Waals surface area contributed by atoms with Crippen molar-refractivity contribution in [3.8, 4) is 0 Å². The van der Waals surface area contributed by atoms with Gasteiger partial charge in [-0.25, -0.2) is 36.4 Å². The summed E-state index contributed by atoms with van der Waals surface area (Å²) in [5, 5.41) is 38.7. The van der Waals surface area contributed by atoms with Crippen LogP contribution in [-0.4, -0.2) is 134 Å². The SMILES string of the molecule is O=C(Cc1c[nH]c2ccccc12)NC1CCN(c2ccc(C(=O)NO)cn2)CC1.O=C(NO)c1ccc(N2CCC(NC(=O)C3CCc4ccccc43)CC2)nc1.O=C(NO)c1cnc(N2CCC(CNC(=O)c3ccc4ccccc4c3)CC2)nc1. The van der Waals surface area contributed by atoms with Gasteiger partial charge in [-0.2, -0.15) is 0 Å². The van der Waals surface area contributed by atoms with Crippen LogP contribution in [0.3, 0.4) is 0 Å². The van der Waals surface area contributed by atoms with Gasteiger partial charge in [0.15, 0.2) is 0 Å². The summed E-state index contributed by atoms with van der Waals surface area (Å²) < 4.78 is 0. The Kier molecular flexibility index (Phi) is 20.0. The summed E-state index contributed by atoms with van der Waals surface area (Å²) in [4.78, 5) is 98.5. The van der Waals surface area contributed by atoms with Crippen LogP contribution in [0.1, 0.15) is 109 Å². The number of aromatic amines is 1. The summed E-state index contributed by atoms with van der Waals surface area (Å²) in [6.45, 7) is 5.34. The molecule has 1 atom stereocenters. The molecule has 0 bridgehead atoms. The number of para-hydroxylation sites is 1. The summed E-state index contributed by atoms with van der Waals surface area (Å²) in [7, 11) is 0. The second-order valence-electron chi connectivity index (χ2n) is 22.0. The molecule has 7 heterocycles. The first-order valence-corrected chi connectivity index (χ1v) is 29.2. The van der Waals surface area contributed by atoms with E-state index in [0.717, 1.165) is 130 Å². The number of benzene rings is 4. The van der Waals surface area contributed by atoms with E-state index in [-0.39, 0.29) is 41.3 Å². The van der Waals surface area contributed by atoms with Gasteiger partial charge in [-0.15, -0.1) is 0 Å². The smallest absolute Gasteiger partial charge is 0.277 e. The van der Waals surface area contributed by atoms with Crippen LogP contribution in [0.2, 0.25) is 0 Å². The fourth-order valence-corrected chi connectivity index (χ4v) is 11.6. The van der Waals surface area contributed by atoms with E-state index < -0.39 is 17.7 Å². The summed E-state index contributed by atoms with van der Waals surface area (Å²) in [5.41, 5.74) is 10.8. The molecule has 87 heavy (non-hydrogen) atoms. The highest BCUT2D eigenvalue weighted by atomic mass is 16.5. The van der Waals surface area contributed by atoms with Crippen molar-refractivity contribution in [2.75, 3.05) is 60.5 Å². The maximum atomic E-state index is 12.8. The molecule has 450 valence electrons. The molecular weight excluding hydrogens is 1110 g/mol. The number of piperidine rings is 3. The van der Waals surface area contributed by atoms with Crippen molar-refractivity contribution >= 4 is 74.7 Å². The van der Waals surface area contributed by atoms with E-state index in [2.05, 4.69) is 67.7 Å². The third-order valence-corrected chi connectivity index (χ3v) is 16.5. The molecule has 0 saturated carbocycles. The lowest BCUT2D eigenvalue weighted by molar-refractivity contribution is -0.123. The van der Waals surface area contributed by atoms with Gasteiger partial charge < -0.3 is 35.6 Å². The normalized spacial score (nSPS) is 16.1. The molecule has 1 aliphatic carbocycles. The number of hydroxylamine groups is 3. The number of pyridine rings is 2. The van der Waals surface area contributed by atoms with E-state index in [1.807, 2.05) is 85.1 Å². The van der Waals surface area contributed by atoms with E-state index >= 15 is 0 Å². The van der Waals surface area contributed by atoms with Crippen molar-refractivity contribution in [3.05, 3.63) is 185 Å². The quantitative estimate of drug-likeness (QED) is 0.0415. The van der Waals surface area contributed by atoms with Gasteiger partial charge in [0.05, 0.1) is 29.0 Å². The summed E-state index contributed by atoms with van der Waals surface area (Å²) in [5.74, 6) is 0.828. The summed E-state index contributed by atoms with van der Waals surface area (Å²) in [6, 6.07) is 37.1. The predicted octanol–water partition coefficient (Wildman–Crippen LogP) is 6.42. The number of anilines is 3. The number of H-pyrrole nitrogens is 1. The maximum absolute atomic E-state index is 12.8. The highest BCUT2D eigenvalue weighted by Crippen LogP contribution is 2.33. The zero-order valence-corrected chi connectivity index (χ0v) is 47.9. The van der Waals surface area contributed by atoms with Crippen molar-refractivity contribution in [2.24, 2.45) is 5.92 Å². The lowest BCUT2D eigenvalue weighted by Gasteiger charge is -2.33. The predicted molar refractivity (Wildman–Crippen MR) is 326 cm³/mol. The van der Waals surface area contributed by atoms with Crippen LogP contribution in [0.25, 0.3) is 21.7 Å². The van der Waals surface area contributed by atoms with Crippen LogP contribution in [-0.2, 0) is 22.4 Å². The molecule has 4 aromatic carbocycles. The Bertz CT molecular complexity index is 3670. The van der Waals surface area contributed by atoms with Crippen LogP contribution in [0.5, 0.6) is 0 Å². The summed E-state index contributed by atoms with van der Waals surface area (Å²) >= 11 is 0. The maximum Gasteiger partial charge on any atom is 0.277 e. The average molecular weight is 1180 g/mol. The highest BCUT2D eigenvalue weighted by molar-refractivity contribution is 5.99. The zero-order valence-electron chi connectivity index (χ0n) is 47.9. The van der Waals surface area contributed by atoms with E-state index in [1.54, 1.807) is 40.7 Å². The Balaban J connectivity index is 0.000000145. The minimum absolute atomic E-state index is 0.0267. The average Bonchev–Trinajstić information content (AvgIpc) is 3.84. The van der Waals surface area contributed by atoms with Crippen molar-refractivity contribution in [1.82, 2.24) is 57.3 Å². The monoisotopic (exact) mass is 1180 g/mol. The van der Waals surface area contributed by atoms with Gasteiger partial charge in [0, 0.05) is 105 Å². The molecule has 3 saturated heterocycles. The molecule has 4 aromatic heterocycles. The second-order valence-corrected chi connectivity index (χ2v) is 22.0. The van der Waals surface area contributed by atoms with Gasteiger partial charge in [-0.1, -0.05) is 72.8 Å². The molecule has 23 heteroatoms. The number of aryl methyl sites for hydroxylation is 1. The molecule has 0 spiro atoms. The van der Waals surface area contributed by atoms with Crippen LogP contribution >= 0.6 is 0 Å². The van der Waals surface area contributed by atoms with Gasteiger partial charge in [0.25, 0.3) is 23.6 Å². The van der Waals surface area contributed by atoms with Crippen molar-refractivity contribution in [1.29, 1.82) is 0 Å². The first kappa shape index (κ1) is 60.3.